The third-order valence-electron chi connectivity index (χ3n) is 2.80. The third-order valence-corrected chi connectivity index (χ3v) is 2.80. The Morgan fingerprint density at radius 1 is 1.30 bits per heavy atom. The zero-order valence-corrected chi connectivity index (χ0v) is 11.5. The molecule has 2 rings (SSSR count). The zero-order chi connectivity index (χ0) is 14.4. The molecular formula is C12H19N7O. The van der Waals surface area contributed by atoms with Crippen LogP contribution in [0.3, 0.4) is 0 Å². The summed E-state index contributed by atoms with van der Waals surface area (Å²) in [4.78, 5) is 18.5. The number of aromatic nitrogens is 5. The SMILES string of the molecule is CCCCN(CCO)c1nc(N)nc(-n2ccnc2)n1. The molecule has 2 heterocycles. The van der Waals surface area contributed by atoms with E-state index in [1.54, 1.807) is 23.3 Å². The van der Waals surface area contributed by atoms with Gasteiger partial charge in [-0.15, -0.1) is 0 Å². The van der Waals surface area contributed by atoms with Gasteiger partial charge in [0.15, 0.2) is 0 Å². The Labute approximate surface area is 117 Å². The number of nitrogen functional groups attached to an aromatic ring is 1. The van der Waals surface area contributed by atoms with Crippen molar-refractivity contribution in [3.63, 3.8) is 0 Å². The fourth-order valence-corrected chi connectivity index (χ4v) is 1.79. The summed E-state index contributed by atoms with van der Waals surface area (Å²) >= 11 is 0. The second kappa shape index (κ2) is 6.80. The van der Waals surface area contributed by atoms with E-state index in [1.165, 1.54) is 0 Å². The van der Waals surface area contributed by atoms with Crippen molar-refractivity contribution in [2.24, 2.45) is 0 Å². The number of nitrogens with two attached hydrogens (primary N) is 1. The van der Waals surface area contributed by atoms with Crippen LogP contribution in [0.5, 0.6) is 0 Å². The lowest BCUT2D eigenvalue weighted by molar-refractivity contribution is 0.301. The average molecular weight is 277 g/mol. The number of nitrogens with zero attached hydrogens (tertiary/aromatic N) is 6. The van der Waals surface area contributed by atoms with E-state index in [0.29, 0.717) is 18.4 Å². The van der Waals surface area contributed by atoms with Crippen molar-refractivity contribution in [2.75, 3.05) is 30.3 Å². The monoisotopic (exact) mass is 277 g/mol. The molecule has 8 nitrogen and oxygen atoms in total. The summed E-state index contributed by atoms with van der Waals surface area (Å²) < 4.78 is 1.67. The molecule has 0 aliphatic rings. The molecule has 0 unspecified atom stereocenters. The van der Waals surface area contributed by atoms with Crippen LogP contribution in [-0.4, -0.2) is 49.3 Å². The first kappa shape index (κ1) is 14.2. The van der Waals surface area contributed by atoms with E-state index in [4.69, 9.17) is 10.8 Å². The maximum Gasteiger partial charge on any atom is 0.241 e. The van der Waals surface area contributed by atoms with Crippen molar-refractivity contribution in [1.29, 1.82) is 0 Å². The maximum atomic E-state index is 9.16. The van der Waals surface area contributed by atoms with Crippen molar-refractivity contribution in [3.05, 3.63) is 18.7 Å². The largest absolute Gasteiger partial charge is 0.395 e. The predicted octanol–water partition coefficient (Wildman–Crippen LogP) is 0.238. The lowest BCUT2D eigenvalue weighted by atomic mass is 10.3. The van der Waals surface area contributed by atoms with E-state index in [-0.39, 0.29) is 12.6 Å². The van der Waals surface area contributed by atoms with Gasteiger partial charge in [0.2, 0.25) is 17.8 Å². The number of aliphatic hydroxyl groups excluding tert-OH is 1. The van der Waals surface area contributed by atoms with Gasteiger partial charge in [0, 0.05) is 25.5 Å². The van der Waals surface area contributed by atoms with Gasteiger partial charge in [0.25, 0.3) is 0 Å². The second-order valence-electron chi connectivity index (χ2n) is 4.33. The smallest absolute Gasteiger partial charge is 0.241 e. The third kappa shape index (κ3) is 3.41. The minimum atomic E-state index is 0.0374. The second-order valence-corrected chi connectivity index (χ2v) is 4.33. The van der Waals surface area contributed by atoms with Gasteiger partial charge in [-0.1, -0.05) is 13.3 Å². The molecule has 2 aromatic heterocycles. The number of hydrogen-bond donors (Lipinski definition) is 2. The zero-order valence-electron chi connectivity index (χ0n) is 11.5. The molecule has 0 radical (unpaired) electrons. The Morgan fingerprint density at radius 2 is 2.15 bits per heavy atom. The van der Waals surface area contributed by atoms with Crippen molar-refractivity contribution < 1.29 is 5.11 Å². The predicted molar refractivity (Wildman–Crippen MR) is 75.6 cm³/mol. The fourth-order valence-electron chi connectivity index (χ4n) is 1.79. The molecule has 0 spiro atoms. The van der Waals surface area contributed by atoms with Crippen molar-refractivity contribution in [2.45, 2.75) is 19.8 Å². The van der Waals surface area contributed by atoms with Crippen LogP contribution >= 0.6 is 0 Å². The van der Waals surface area contributed by atoms with Crippen LogP contribution in [0.4, 0.5) is 11.9 Å². The van der Waals surface area contributed by atoms with Crippen molar-refractivity contribution >= 4 is 11.9 Å². The Bertz CT molecular complexity index is 529. The van der Waals surface area contributed by atoms with E-state index in [9.17, 15) is 0 Å². The summed E-state index contributed by atoms with van der Waals surface area (Å²) in [7, 11) is 0. The molecule has 20 heavy (non-hydrogen) atoms. The first-order valence-corrected chi connectivity index (χ1v) is 6.60. The summed E-state index contributed by atoms with van der Waals surface area (Å²) in [5.74, 6) is 1.05. The molecule has 8 heteroatoms. The number of aliphatic hydroxyl groups is 1. The summed E-state index contributed by atoms with van der Waals surface area (Å²) in [6.07, 6.45) is 7.02. The van der Waals surface area contributed by atoms with E-state index in [0.717, 1.165) is 19.4 Å². The number of anilines is 2. The van der Waals surface area contributed by atoms with Gasteiger partial charge in [0.05, 0.1) is 6.61 Å². The van der Waals surface area contributed by atoms with Gasteiger partial charge < -0.3 is 15.7 Å². The van der Waals surface area contributed by atoms with Gasteiger partial charge in [-0.05, 0) is 6.42 Å². The molecule has 3 N–H and O–H groups in total. The van der Waals surface area contributed by atoms with Crippen LogP contribution in [0.2, 0.25) is 0 Å². The Hall–Kier alpha value is -2.22. The first-order valence-electron chi connectivity index (χ1n) is 6.60. The molecule has 0 aliphatic heterocycles. The minimum absolute atomic E-state index is 0.0374. The van der Waals surface area contributed by atoms with Gasteiger partial charge in [-0.3, -0.25) is 4.57 Å². The topological polar surface area (TPSA) is 106 Å². The Balaban J connectivity index is 2.29. The average Bonchev–Trinajstić information content (AvgIpc) is 2.97. The molecular weight excluding hydrogens is 258 g/mol. The Kier molecular flexibility index (Phi) is 4.83. The normalized spacial score (nSPS) is 10.7. The molecule has 0 atom stereocenters. The fraction of sp³-hybridized carbons (Fsp3) is 0.500. The van der Waals surface area contributed by atoms with Crippen LogP contribution in [0, 0.1) is 0 Å². The van der Waals surface area contributed by atoms with Gasteiger partial charge in [-0.25, -0.2) is 4.98 Å². The van der Waals surface area contributed by atoms with E-state index < -0.39 is 0 Å². The number of imidazole rings is 1. The standard InChI is InChI=1S/C12H19N7O/c1-2-3-5-18(7-8-20)11-15-10(13)16-12(17-11)19-6-4-14-9-19/h4,6,9,20H,2-3,5,7-8H2,1H3,(H2,13,15,16,17). The van der Waals surface area contributed by atoms with Crippen molar-refractivity contribution in [1.82, 2.24) is 24.5 Å². The minimum Gasteiger partial charge on any atom is -0.395 e. The van der Waals surface area contributed by atoms with Gasteiger partial charge in [0.1, 0.15) is 6.33 Å². The molecule has 0 bridgehead atoms. The van der Waals surface area contributed by atoms with Gasteiger partial charge in [-0.2, -0.15) is 15.0 Å². The Morgan fingerprint density at radius 3 is 2.80 bits per heavy atom. The summed E-state index contributed by atoms with van der Waals surface area (Å²) in [5, 5.41) is 9.16. The number of hydrogen-bond acceptors (Lipinski definition) is 7. The maximum absolute atomic E-state index is 9.16. The molecule has 0 aliphatic carbocycles. The quantitative estimate of drug-likeness (QED) is 0.746. The lowest BCUT2D eigenvalue weighted by Gasteiger charge is -2.21. The van der Waals surface area contributed by atoms with Crippen LogP contribution in [-0.2, 0) is 0 Å². The van der Waals surface area contributed by atoms with Crippen molar-refractivity contribution in [3.8, 4) is 5.95 Å². The molecule has 2 aromatic rings. The number of unbranched alkanes of at least 4 members (excludes halogenated alkanes) is 1. The molecule has 0 aromatic carbocycles. The van der Waals surface area contributed by atoms with Crippen LogP contribution < -0.4 is 10.6 Å². The summed E-state index contributed by atoms with van der Waals surface area (Å²) in [6, 6.07) is 0. The highest BCUT2D eigenvalue weighted by Gasteiger charge is 2.12. The molecule has 108 valence electrons. The van der Waals surface area contributed by atoms with Gasteiger partial charge >= 0.3 is 0 Å². The summed E-state index contributed by atoms with van der Waals surface area (Å²) in [6.45, 7) is 3.38. The molecule has 0 saturated carbocycles. The molecule has 0 saturated heterocycles. The van der Waals surface area contributed by atoms with E-state index >= 15 is 0 Å². The lowest BCUT2D eigenvalue weighted by Crippen LogP contribution is -2.30. The first-order chi connectivity index (χ1) is 9.74. The highest BCUT2D eigenvalue weighted by molar-refractivity contribution is 5.37. The van der Waals surface area contributed by atoms with E-state index in [1.807, 2.05) is 4.90 Å². The van der Waals surface area contributed by atoms with Crippen LogP contribution in [0.25, 0.3) is 5.95 Å². The highest BCUT2D eigenvalue weighted by atomic mass is 16.3. The van der Waals surface area contributed by atoms with E-state index in [2.05, 4.69) is 26.9 Å². The molecule has 0 amide bonds. The van der Waals surface area contributed by atoms with Crippen LogP contribution in [0.15, 0.2) is 18.7 Å². The highest BCUT2D eigenvalue weighted by Crippen LogP contribution is 2.12. The molecule has 0 fully saturated rings. The van der Waals surface area contributed by atoms with Crippen LogP contribution in [0.1, 0.15) is 19.8 Å². The number of rotatable bonds is 7. The summed E-state index contributed by atoms with van der Waals surface area (Å²) in [5.41, 5.74) is 5.74.